The van der Waals surface area contributed by atoms with Crippen LogP contribution in [-0.2, 0) is 14.3 Å². The van der Waals surface area contributed by atoms with Crippen LogP contribution in [0.5, 0.6) is 0 Å². The summed E-state index contributed by atoms with van der Waals surface area (Å²) in [6.45, 7) is 2.96. The molecule has 0 aliphatic rings. The fraction of sp³-hybridized carbons (Fsp3) is 0.300. The fourth-order valence-corrected chi connectivity index (χ4v) is 4.19. The fourth-order valence-electron chi connectivity index (χ4n) is 4.19. The molecule has 0 bridgehead atoms. The third-order valence-electron chi connectivity index (χ3n) is 6.03. The standard InChI is InChI=1S/C30H34N2O5/c1-3-37-28(33)18-11-20-32(30(35)31-26-17-10-16-25(22-26)29(34)36-2)21-19-27(23-12-6-4-7-13-23)24-14-8-5-9-15-24/h4-10,12-17,22,27H,3,11,18-21H2,1-2H3,(H,31,35). The van der Waals surface area contributed by atoms with Gasteiger partial charge >= 0.3 is 18.0 Å². The molecule has 194 valence electrons. The van der Waals surface area contributed by atoms with Crippen LogP contribution < -0.4 is 5.32 Å². The first-order valence-corrected chi connectivity index (χ1v) is 12.5. The molecule has 0 saturated carbocycles. The third-order valence-corrected chi connectivity index (χ3v) is 6.03. The number of benzene rings is 3. The lowest BCUT2D eigenvalue weighted by Gasteiger charge is -2.26. The zero-order chi connectivity index (χ0) is 26.5. The van der Waals surface area contributed by atoms with Crippen LogP contribution in [0.1, 0.15) is 53.6 Å². The molecule has 7 nitrogen and oxygen atoms in total. The molecule has 2 amide bonds. The minimum atomic E-state index is -0.476. The number of nitrogens with one attached hydrogen (secondary N) is 1. The van der Waals surface area contributed by atoms with E-state index in [4.69, 9.17) is 9.47 Å². The second-order valence-electron chi connectivity index (χ2n) is 8.56. The van der Waals surface area contributed by atoms with Crippen LogP contribution in [0.25, 0.3) is 0 Å². The molecule has 0 aliphatic carbocycles. The maximum Gasteiger partial charge on any atom is 0.337 e. The number of methoxy groups -OCH3 is 1. The number of hydrogen-bond donors (Lipinski definition) is 1. The maximum atomic E-state index is 13.3. The van der Waals surface area contributed by atoms with Gasteiger partial charge in [0.25, 0.3) is 0 Å². The number of esters is 2. The van der Waals surface area contributed by atoms with Gasteiger partial charge in [-0.2, -0.15) is 0 Å². The van der Waals surface area contributed by atoms with E-state index in [-0.39, 0.29) is 24.3 Å². The number of hydrogen-bond acceptors (Lipinski definition) is 5. The summed E-state index contributed by atoms with van der Waals surface area (Å²) in [6.07, 6.45) is 1.41. The summed E-state index contributed by atoms with van der Waals surface area (Å²) < 4.78 is 9.82. The van der Waals surface area contributed by atoms with Crippen molar-refractivity contribution in [1.29, 1.82) is 0 Å². The number of carbonyl (C=O) groups is 3. The molecule has 7 heteroatoms. The van der Waals surface area contributed by atoms with E-state index in [2.05, 4.69) is 29.6 Å². The SMILES string of the molecule is CCOC(=O)CCCN(CCC(c1ccccc1)c1ccccc1)C(=O)Nc1cccc(C(=O)OC)c1. The van der Waals surface area contributed by atoms with Gasteiger partial charge in [-0.25, -0.2) is 9.59 Å². The van der Waals surface area contributed by atoms with Crippen molar-refractivity contribution in [3.05, 3.63) is 102 Å². The van der Waals surface area contributed by atoms with Crippen LogP contribution in [-0.4, -0.2) is 49.7 Å². The first-order chi connectivity index (χ1) is 18.0. The predicted octanol–water partition coefficient (Wildman–Crippen LogP) is 5.87. The summed E-state index contributed by atoms with van der Waals surface area (Å²) in [4.78, 5) is 38.8. The van der Waals surface area contributed by atoms with Gasteiger partial charge in [-0.3, -0.25) is 4.79 Å². The average Bonchev–Trinajstić information content (AvgIpc) is 2.93. The summed E-state index contributed by atoms with van der Waals surface area (Å²) in [7, 11) is 1.31. The number of rotatable bonds is 12. The van der Waals surface area contributed by atoms with Gasteiger partial charge in [0.05, 0.1) is 19.3 Å². The maximum absolute atomic E-state index is 13.3. The van der Waals surface area contributed by atoms with Gasteiger partial charge in [0.2, 0.25) is 0 Å². The number of urea groups is 1. The highest BCUT2D eigenvalue weighted by Crippen LogP contribution is 2.28. The summed E-state index contributed by atoms with van der Waals surface area (Å²) in [5.41, 5.74) is 3.19. The second-order valence-corrected chi connectivity index (χ2v) is 8.56. The van der Waals surface area contributed by atoms with Crippen molar-refractivity contribution in [2.45, 2.75) is 32.1 Å². The van der Waals surface area contributed by atoms with E-state index in [1.807, 2.05) is 36.4 Å². The molecular formula is C30H34N2O5. The van der Waals surface area contributed by atoms with Gasteiger partial charge in [-0.1, -0.05) is 66.7 Å². The molecular weight excluding hydrogens is 468 g/mol. The molecule has 0 atom stereocenters. The Morgan fingerprint density at radius 3 is 2.11 bits per heavy atom. The lowest BCUT2D eigenvalue weighted by molar-refractivity contribution is -0.143. The highest BCUT2D eigenvalue weighted by molar-refractivity contribution is 5.93. The molecule has 37 heavy (non-hydrogen) atoms. The highest BCUT2D eigenvalue weighted by Gasteiger charge is 2.20. The van der Waals surface area contributed by atoms with Gasteiger partial charge in [0.15, 0.2) is 0 Å². The molecule has 1 N–H and O–H groups in total. The Bertz CT molecular complexity index is 1110. The van der Waals surface area contributed by atoms with Gasteiger partial charge in [-0.15, -0.1) is 0 Å². The Morgan fingerprint density at radius 2 is 1.51 bits per heavy atom. The normalized spacial score (nSPS) is 10.6. The van der Waals surface area contributed by atoms with Gasteiger partial charge < -0.3 is 19.7 Å². The third kappa shape index (κ3) is 8.49. The van der Waals surface area contributed by atoms with Crippen molar-refractivity contribution in [3.63, 3.8) is 0 Å². The number of ether oxygens (including phenoxy) is 2. The number of nitrogens with zero attached hydrogens (tertiary/aromatic N) is 1. The van der Waals surface area contributed by atoms with E-state index < -0.39 is 5.97 Å². The topological polar surface area (TPSA) is 84.9 Å². The number of anilines is 1. The summed E-state index contributed by atoms with van der Waals surface area (Å²) in [5.74, 6) is -0.651. The van der Waals surface area contributed by atoms with Crippen LogP contribution >= 0.6 is 0 Å². The van der Waals surface area contributed by atoms with Crippen molar-refractivity contribution >= 4 is 23.7 Å². The summed E-state index contributed by atoms with van der Waals surface area (Å²) in [6, 6.07) is 26.8. The van der Waals surface area contributed by atoms with Crippen LogP contribution in [0.4, 0.5) is 10.5 Å². The van der Waals surface area contributed by atoms with Gasteiger partial charge in [0, 0.05) is 31.1 Å². The van der Waals surface area contributed by atoms with Crippen molar-refractivity contribution in [2.24, 2.45) is 0 Å². The van der Waals surface area contributed by atoms with Crippen molar-refractivity contribution in [2.75, 3.05) is 32.1 Å². The van der Waals surface area contributed by atoms with Gasteiger partial charge in [0.1, 0.15) is 0 Å². The predicted molar refractivity (Wildman–Crippen MR) is 144 cm³/mol. The Hall–Kier alpha value is -4.13. The minimum absolute atomic E-state index is 0.102. The van der Waals surface area contributed by atoms with Crippen molar-refractivity contribution in [3.8, 4) is 0 Å². The molecule has 0 aliphatic heterocycles. The Morgan fingerprint density at radius 1 is 0.865 bits per heavy atom. The molecule has 0 saturated heterocycles. The zero-order valence-corrected chi connectivity index (χ0v) is 21.4. The molecule has 0 fully saturated rings. The summed E-state index contributed by atoms with van der Waals surface area (Å²) in [5, 5.41) is 2.89. The molecule has 0 radical (unpaired) electrons. The second kappa shape index (κ2) is 14.4. The first kappa shape index (κ1) is 27.5. The Labute approximate surface area is 218 Å². The lowest BCUT2D eigenvalue weighted by Crippen LogP contribution is -2.37. The van der Waals surface area contributed by atoms with Crippen molar-refractivity contribution < 1.29 is 23.9 Å². The largest absolute Gasteiger partial charge is 0.466 e. The molecule has 3 rings (SSSR count). The van der Waals surface area contributed by atoms with E-state index in [9.17, 15) is 14.4 Å². The first-order valence-electron chi connectivity index (χ1n) is 12.5. The Kier molecular flexibility index (Phi) is 10.7. The monoisotopic (exact) mass is 502 g/mol. The smallest absolute Gasteiger partial charge is 0.337 e. The zero-order valence-electron chi connectivity index (χ0n) is 21.4. The summed E-state index contributed by atoms with van der Waals surface area (Å²) >= 11 is 0. The average molecular weight is 503 g/mol. The molecule has 3 aromatic carbocycles. The lowest BCUT2D eigenvalue weighted by atomic mass is 9.88. The van der Waals surface area contributed by atoms with Crippen LogP contribution in [0.3, 0.4) is 0 Å². The van der Waals surface area contributed by atoms with E-state index in [0.717, 1.165) is 0 Å². The molecule has 0 aromatic heterocycles. The van der Waals surface area contributed by atoms with E-state index >= 15 is 0 Å². The highest BCUT2D eigenvalue weighted by atomic mass is 16.5. The molecule has 0 unspecified atom stereocenters. The molecule has 3 aromatic rings. The van der Waals surface area contributed by atoms with E-state index in [0.29, 0.717) is 43.8 Å². The van der Waals surface area contributed by atoms with Crippen LogP contribution in [0, 0.1) is 0 Å². The van der Waals surface area contributed by atoms with E-state index in [1.165, 1.54) is 18.2 Å². The number of amides is 2. The van der Waals surface area contributed by atoms with Gasteiger partial charge in [-0.05, 0) is 49.1 Å². The Balaban J connectivity index is 1.76. The van der Waals surface area contributed by atoms with Crippen LogP contribution in [0.2, 0.25) is 0 Å². The van der Waals surface area contributed by atoms with E-state index in [1.54, 1.807) is 36.1 Å². The molecule has 0 heterocycles. The molecule has 0 spiro atoms. The minimum Gasteiger partial charge on any atom is -0.466 e. The number of carbonyl (C=O) groups excluding carboxylic acids is 3. The van der Waals surface area contributed by atoms with Crippen LogP contribution in [0.15, 0.2) is 84.9 Å². The van der Waals surface area contributed by atoms with Crippen molar-refractivity contribution in [1.82, 2.24) is 4.90 Å². The quantitative estimate of drug-likeness (QED) is 0.313.